The first-order valence-electron chi connectivity index (χ1n) is 9.28. The fourth-order valence-corrected chi connectivity index (χ4v) is 3.38. The van der Waals surface area contributed by atoms with Crippen molar-refractivity contribution in [3.63, 3.8) is 0 Å². The molecule has 2 aromatic carbocycles. The molecule has 2 atom stereocenters. The number of nitrogens with zero attached hydrogens (tertiary/aromatic N) is 1. The van der Waals surface area contributed by atoms with Crippen LogP contribution in [0.1, 0.15) is 31.1 Å². The van der Waals surface area contributed by atoms with Crippen molar-refractivity contribution in [1.29, 1.82) is 0 Å². The Morgan fingerprint density at radius 2 is 1.87 bits per heavy atom. The minimum atomic E-state index is -0.980. The number of hydrogen-bond acceptors (Lipinski definition) is 5. The zero-order valence-corrected chi connectivity index (χ0v) is 17.9. The summed E-state index contributed by atoms with van der Waals surface area (Å²) < 4.78 is 10.6. The standard InChI is InChI=1S/C22H20Cl2N2O4/c1-13(18-9-8-16(23)10-19(18)24)25-21(28)14(2)30-20(27)11-17-12-29-22(26-17)15-6-4-3-5-7-15/h3-10,12-14H,11H2,1-2H3,(H,25,28). The highest BCUT2D eigenvalue weighted by Gasteiger charge is 2.22. The van der Waals surface area contributed by atoms with Gasteiger partial charge >= 0.3 is 5.97 Å². The van der Waals surface area contributed by atoms with Gasteiger partial charge in [-0.2, -0.15) is 0 Å². The summed E-state index contributed by atoms with van der Waals surface area (Å²) in [6.07, 6.45) is 0.317. The molecule has 0 aliphatic carbocycles. The molecule has 0 aliphatic rings. The largest absolute Gasteiger partial charge is 0.452 e. The SMILES string of the molecule is CC(OC(=O)Cc1coc(-c2ccccc2)n1)C(=O)NC(C)c1ccc(Cl)cc1Cl. The van der Waals surface area contributed by atoms with Crippen molar-refractivity contribution in [3.05, 3.63) is 76.1 Å². The highest BCUT2D eigenvalue weighted by Crippen LogP contribution is 2.26. The van der Waals surface area contributed by atoms with Gasteiger partial charge in [-0.15, -0.1) is 0 Å². The maximum absolute atomic E-state index is 12.4. The van der Waals surface area contributed by atoms with Crippen molar-refractivity contribution in [2.75, 3.05) is 0 Å². The number of hydrogen-bond donors (Lipinski definition) is 1. The molecule has 3 aromatic rings. The minimum absolute atomic E-state index is 0.105. The number of carbonyl (C=O) groups is 2. The van der Waals surface area contributed by atoms with Gasteiger partial charge in [-0.3, -0.25) is 9.59 Å². The molecule has 2 unspecified atom stereocenters. The van der Waals surface area contributed by atoms with E-state index in [-0.39, 0.29) is 12.5 Å². The minimum Gasteiger partial charge on any atom is -0.452 e. The van der Waals surface area contributed by atoms with Crippen molar-refractivity contribution in [2.24, 2.45) is 0 Å². The topological polar surface area (TPSA) is 81.4 Å². The number of oxazole rings is 1. The Balaban J connectivity index is 1.53. The van der Waals surface area contributed by atoms with Gasteiger partial charge in [0.05, 0.1) is 18.2 Å². The third-order valence-corrected chi connectivity index (χ3v) is 4.93. The van der Waals surface area contributed by atoms with Crippen molar-refractivity contribution in [2.45, 2.75) is 32.4 Å². The third-order valence-electron chi connectivity index (χ3n) is 4.36. The van der Waals surface area contributed by atoms with Crippen molar-refractivity contribution in [3.8, 4) is 11.5 Å². The molecular weight excluding hydrogens is 427 g/mol. The number of esters is 1. The molecular formula is C22H20Cl2N2O4. The molecule has 6 nitrogen and oxygen atoms in total. The average molecular weight is 447 g/mol. The van der Waals surface area contributed by atoms with Gasteiger partial charge in [0.25, 0.3) is 5.91 Å². The molecule has 1 N–H and O–H groups in total. The van der Waals surface area contributed by atoms with Crippen LogP contribution < -0.4 is 5.32 Å². The van der Waals surface area contributed by atoms with E-state index in [9.17, 15) is 9.59 Å². The molecule has 0 radical (unpaired) electrons. The summed E-state index contributed by atoms with van der Waals surface area (Å²) in [6.45, 7) is 3.28. The number of benzene rings is 2. The zero-order valence-electron chi connectivity index (χ0n) is 16.4. The van der Waals surface area contributed by atoms with Crippen LogP contribution in [0.5, 0.6) is 0 Å². The van der Waals surface area contributed by atoms with Gasteiger partial charge in [0.2, 0.25) is 5.89 Å². The van der Waals surface area contributed by atoms with E-state index in [0.717, 1.165) is 5.56 Å². The summed E-state index contributed by atoms with van der Waals surface area (Å²) in [4.78, 5) is 28.9. The van der Waals surface area contributed by atoms with Gasteiger partial charge in [-0.25, -0.2) is 4.98 Å². The van der Waals surface area contributed by atoms with Gasteiger partial charge in [-0.1, -0.05) is 47.5 Å². The predicted octanol–water partition coefficient (Wildman–Crippen LogP) is 5.00. The van der Waals surface area contributed by atoms with Crippen LogP contribution in [0.3, 0.4) is 0 Å². The van der Waals surface area contributed by atoms with Gasteiger partial charge < -0.3 is 14.5 Å². The van der Waals surface area contributed by atoms with E-state index in [2.05, 4.69) is 10.3 Å². The van der Waals surface area contributed by atoms with Crippen LogP contribution in [0.15, 0.2) is 59.2 Å². The van der Waals surface area contributed by atoms with Crippen LogP contribution in [-0.2, 0) is 20.7 Å². The Morgan fingerprint density at radius 1 is 1.13 bits per heavy atom. The van der Waals surface area contributed by atoms with E-state index >= 15 is 0 Å². The average Bonchev–Trinajstić information content (AvgIpc) is 3.16. The second kappa shape index (κ2) is 9.78. The number of aromatic nitrogens is 1. The van der Waals surface area contributed by atoms with Crippen LogP contribution >= 0.6 is 23.2 Å². The quantitative estimate of drug-likeness (QED) is 0.516. The molecule has 0 saturated heterocycles. The molecule has 30 heavy (non-hydrogen) atoms. The molecule has 0 saturated carbocycles. The number of nitrogens with one attached hydrogen (secondary N) is 1. The number of amides is 1. The van der Waals surface area contributed by atoms with Gasteiger partial charge in [0, 0.05) is 15.6 Å². The highest BCUT2D eigenvalue weighted by molar-refractivity contribution is 6.35. The highest BCUT2D eigenvalue weighted by atomic mass is 35.5. The Bertz CT molecular complexity index is 1040. The van der Waals surface area contributed by atoms with Gasteiger partial charge in [0.15, 0.2) is 6.10 Å². The Labute approximate surface area is 184 Å². The summed E-state index contributed by atoms with van der Waals surface area (Å²) in [5, 5.41) is 3.73. The smallest absolute Gasteiger partial charge is 0.312 e. The molecule has 8 heteroatoms. The first-order chi connectivity index (χ1) is 14.3. The van der Waals surface area contributed by atoms with E-state index < -0.39 is 18.0 Å². The number of carbonyl (C=O) groups excluding carboxylic acids is 2. The van der Waals surface area contributed by atoms with E-state index in [4.69, 9.17) is 32.4 Å². The van der Waals surface area contributed by atoms with Crippen LogP contribution in [0, 0.1) is 0 Å². The molecule has 1 amide bonds. The monoisotopic (exact) mass is 446 g/mol. The summed E-state index contributed by atoms with van der Waals surface area (Å²) in [5.41, 5.74) is 1.94. The lowest BCUT2D eigenvalue weighted by molar-refractivity contribution is -0.154. The molecule has 0 aliphatic heterocycles. The van der Waals surface area contributed by atoms with Gasteiger partial charge in [-0.05, 0) is 43.7 Å². The van der Waals surface area contributed by atoms with E-state index in [1.165, 1.54) is 13.2 Å². The fourth-order valence-electron chi connectivity index (χ4n) is 2.80. The lowest BCUT2D eigenvalue weighted by Crippen LogP contribution is -2.37. The number of halogens is 2. The Hall–Kier alpha value is -2.83. The van der Waals surface area contributed by atoms with Crippen LogP contribution in [0.4, 0.5) is 0 Å². The van der Waals surface area contributed by atoms with E-state index in [1.54, 1.807) is 25.1 Å². The van der Waals surface area contributed by atoms with Crippen LogP contribution in [0.25, 0.3) is 11.5 Å². The van der Waals surface area contributed by atoms with Crippen molar-refractivity contribution in [1.82, 2.24) is 10.3 Å². The first-order valence-corrected chi connectivity index (χ1v) is 10.0. The second-order valence-electron chi connectivity index (χ2n) is 6.71. The van der Waals surface area contributed by atoms with Gasteiger partial charge in [0.1, 0.15) is 6.26 Å². The Morgan fingerprint density at radius 3 is 2.57 bits per heavy atom. The summed E-state index contributed by atoms with van der Waals surface area (Å²) in [6, 6.07) is 14.0. The maximum atomic E-state index is 12.4. The van der Waals surface area contributed by atoms with Crippen molar-refractivity contribution < 1.29 is 18.7 Å². The molecule has 156 valence electrons. The predicted molar refractivity (Wildman–Crippen MR) is 114 cm³/mol. The molecule has 1 aromatic heterocycles. The normalized spacial score (nSPS) is 12.8. The second-order valence-corrected chi connectivity index (χ2v) is 7.56. The molecule has 1 heterocycles. The van der Waals surface area contributed by atoms with E-state index in [0.29, 0.717) is 27.2 Å². The lowest BCUT2D eigenvalue weighted by Gasteiger charge is -2.19. The summed E-state index contributed by atoms with van der Waals surface area (Å²) in [7, 11) is 0. The van der Waals surface area contributed by atoms with E-state index in [1.807, 2.05) is 30.3 Å². The maximum Gasteiger partial charge on any atom is 0.312 e. The lowest BCUT2D eigenvalue weighted by atomic mass is 10.1. The van der Waals surface area contributed by atoms with Crippen LogP contribution in [-0.4, -0.2) is 23.0 Å². The third kappa shape index (κ3) is 5.62. The zero-order chi connectivity index (χ0) is 21.7. The molecule has 0 fully saturated rings. The number of ether oxygens (including phenoxy) is 1. The molecule has 0 bridgehead atoms. The first kappa shape index (κ1) is 21.9. The summed E-state index contributed by atoms with van der Waals surface area (Å²) in [5.74, 6) is -0.604. The molecule has 3 rings (SSSR count). The summed E-state index contributed by atoms with van der Waals surface area (Å²) >= 11 is 12.1. The van der Waals surface area contributed by atoms with Crippen molar-refractivity contribution >= 4 is 35.1 Å². The van der Waals surface area contributed by atoms with Crippen LogP contribution in [0.2, 0.25) is 10.0 Å². The fraction of sp³-hybridized carbons (Fsp3) is 0.227. The molecule has 0 spiro atoms. The number of rotatable bonds is 7. The Kier molecular flexibility index (Phi) is 7.13.